The Morgan fingerprint density at radius 1 is 1.34 bits per heavy atom. The molecule has 2 aliphatic rings. The summed E-state index contributed by atoms with van der Waals surface area (Å²) in [4.78, 5) is 25.9. The number of aryl methyl sites for hydroxylation is 1. The van der Waals surface area contributed by atoms with Gasteiger partial charge in [-0.25, -0.2) is 15.1 Å². The largest absolute Gasteiger partial charge is 0.367 e. The van der Waals surface area contributed by atoms with E-state index >= 15 is 0 Å². The van der Waals surface area contributed by atoms with E-state index in [9.17, 15) is 18.5 Å². The Bertz CT molecular complexity index is 1510. The summed E-state index contributed by atoms with van der Waals surface area (Å²) in [5.41, 5.74) is 4.43. The van der Waals surface area contributed by atoms with E-state index in [1.54, 1.807) is 0 Å². The average Bonchev–Trinajstić information content (AvgIpc) is 3.61. The topological polar surface area (TPSA) is 151 Å². The van der Waals surface area contributed by atoms with Crippen LogP contribution in [0.5, 0.6) is 0 Å². The van der Waals surface area contributed by atoms with Crippen molar-refractivity contribution in [2.45, 2.75) is 45.2 Å². The van der Waals surface area contributed by atoms with Crippen molar-refractivity contribution in [3.05, 3.63) is 68.8 Å². The molecule has 1 aromatic carbocycles. The fraction of sp³-hybridized carbons (Fsp3) is 0.385. The maximum absolute atomic E-state index is 13.5. The highest BCUT2D eigenvalue weighted by Gasteiger charge is 2.28. The fourth-order valence-corrected chi connectivity index (χ4v) is 6.53. The molecule has 1 aliphatic heterocycles. The molecule has 1 saturated carbocycles. The normalized spacial score (nSPS) is 18.8. The summed E-state index contributed by atoms with van der Waals surface area (Å²) >= 11 is 1.45. The van der Waals surface area contributed by atoms with Crippen LogP contribution in [-0.2, 0) is 27.5 Å². The first kappa shape index (κ1) is 26.2. The maximum Gasteiger partial charge on any atom is 0.333 e. The van der Waals surface area contributed by atoms with Gasteiger partial charge in [-0.15, -0.1) is 11.3 Å². The number of nitrogens with two attached hydrogens (primary N) is 1. The van der Waals surface area contributed by atoms with Crippen LogP contribution < -0.4 is 15.4 Å². The standard InChI is InChI=1S/C26H28N6O4S2/c1-16-20(13-32-7-6-19-4-2-17(11-27)9-23(19)32)10-24(37-16)25(33)22-12-29-15-30-26(22)31-21-5-3-18(8-21)14-36-38(28,34)35/h2,4,9-10,12,15,18,21H,3,5-8,13-14H2,1H3,(H2,28,34,35)(H,29,30,31)/t18-,21?/m1/s1. The highest BCUT2D eigenvalue weighted by molar-refractivity contribution is 7.84. The van der Waals surface area contributed by atoms with Gasteiger partial charge in [0, 0.05) is 35.9 Å². The Hall–Kier alpha value is -3.37. The number of carbonyl (C=O) groups excluding carboxylic acids is 1. The van der Waals surface area contributed by atoms with E-state index in [0.29, 0.717) is 34.8 Å². The van der Waals surface area contributed by atoms with Gasteiger partial charge in [0.15, 0.2) is 0 Å². The molecule has 2 atom stereocenters. The molecule has 1 aliphatic carbocycles. The monoisotopic (exact) mass is 552 g/mol. The van der Waals surface area contributed by atoms with Crippen LogP contribution in [-0.4, -0.2) is 43.4 Å². The predicted octanol–water partition coefficient (Wildman–Crippen LogP) is 3.31. The van der Waals surface area contributed by atoms with Crippen molar-refractivity contribution in [1.82, 2.24) is 9.97 Å². The van der Waals surface area contributed by atoms with E-state index in [2.05, 4.69) is 26.3 Å². The first-order valence-corrected chi connectivity index (χ1v) is 14.6. The average molecular weight is 553 g/mol. The smallest absolute Gasteiger partial charge is 0.333 e. The molecule has 1 fully saturated rings. The summed E-state index contributed by atoms with van der Waals surface area (Å²) in [6.45, 7) is 3.59. The Balaban J connectivity index is 1.28. The molecule has 1 unspecified atom stereocenters. The molecule has 0 bridgehead atoms. The summed E-state index contributed by atoms with van der Waals surface area (Å²) in [6.07, 6.45) is 6.13. The molecular formula is C26H28N6O4S2. The molecule has 3 N–H and O–H groups in total. The molecule has 3 aromatic rings. The van der Waals surface area contributed by atoms with Crippen LogP contribution in [0.4, 0.5) is 11.5 Å². The highest BCUT2D eigenvalue weighted by atomic mass is 32.2. The number of nitriles is 1. The van der Waals surface area contributed by atoms with E-state index in [0.717, 1.165) is 41.9 Å². The summed E-state index contributed by atoms with van der Waals surface area (Å²) in [7, 11) is -3.96. The molecule has 0 amide bonds. The van der Waals surface area contributed by atoms with Gasteiger partial charge in [-0.05, 0) is 67.9 Å². The first-order chi connectivity index (χ1) is 18.2. The molecule has 0 radical (unpaired) electrons. The minimum absolute atomic E-state index is 0.0275. The van der Waals surface area contributed by atoms with Gasteiger partial charge in [-0.1, -0.05) is 6.07 Å². The van der Waals surface area contributed by atoms with Crippen molar-refractivity contribution < 1.29 is 17.4 Å². The van der Waals surface area contributed by atoms with Crippen LogP contribution in [0.25, 0.3) is 0 Å². The lowest BCUT2D eigenvalue weighted by atomic mass is 10.1. The fourth-order valence-electron chi connectivity index (χ4n) is 5.16. The minimum Gasteiger partial charge on any atom is -0.367 e. The van der Waals surface area contributed by atoms with E-state index in [1.807, 2.05) is 31.2 Å². The van der Waals surface area contributed by atoms with Crippen LogP contribution in [0.3, 0.4) is 0 Å². The number of hydrogen-bond acceptors (Lipinski definition) is 10. The molecule has 38 heavy (non-hydrogen) atoms. The molecular weight excluding hydrogens is 524 g/mol. The van der Waals surface area contributed by atoms with E-state index in [1.165, 1.54) is 29.4 Å². The van der Waals surface area contributed by atoms with E-state index in [4.69, 9.17) is 9.32 Å². The second-order valence-electron chi connectivity index (χ2n) is 9.73. The number of ketones is 1. The van der Waals surface area contributed by atoms with Crippen molar-refractivity contribution in [2.75, 3.05) is 23.4 Å². The Kier molecular flexibility index (Phi) is 7.45. The number of anilines is 2. The van der Waals surface area contributed by atoms with Gasteiger partial charge < -0.3 is 10.2 Å². The zero-order valence-corrected chi connectivity index (χ0v) is 22.5. The lowest BCUT2D eigenvalue weighted by Gasteiger charge is -2.19. The Morgan fingerprint density at radius 2 is 2.18 bits per heavy atom. The summed E-state index contributed by atoms with van der Waals surface area (Å²) in [6, 6.07) is 10.00. The van der Waals surface area contributed by atoms with Gasteiger partial charge in [0.2, 0.25) is 5.78 Å². The SMILES string of the molecule is Cc1sc(C(=O)c2cncnc2NC2CC[C@@H](COS(N)(=O)=O)C2)cc1CN1CCc2ccc(C#N)cc21. The zero-order valence-electron chi connectivity index (χ0n) is 20.9. The van der Waals surface area contributed by atoms with Crippen molar-refractivity contribution in [3.63, 3.8) is 0 Å². The molecule has 3 heterocycles. The number of fused-ring (bicyclic) bond motifs is 1. The maximum atomic E-state index is 13.5. The van der Waals surface area contributed by atoms with Crippen molar-refractivity contribution in [3.8, 4) is 6.07 Å². The Morgan fingerprint density at radius 3 is 2.97 bits per heavy atom. The van der Waals surface area contributed by atoms with Gasteiger partial charge in [-0.3, -0.25) is 8.98 Å². The quantitative estimate of drug-likeness (QED) is 0.381. The third kappa shape index (κ3) is 5.86. The van der Waals surface area contributed by atoms with E-state index < -0.39 is 10.3 Å². The van der Waals surface area contributed by atoms with Crippen molar-refractivity contribution in [1.29, 1.82) is 5.26 Å². The summed E-state index contributed by atoms with van der Waals surface area (Å²) in [5, 5.41) is 17.6. The van der Waals surface area contributed by atoms with Gasteiger partial charge in [-0.2, -0.15) is 13.7 Å². The number of nitrogens with one attached hydrogen (secondary N) is 1. The third-order valence-electron chi connectivity index (χ3n) is 7.12. The van der Waals surface area contributed by atoms with Crippen LogP contribution in [0.15, 0.2) is 36.8 Å². The summed E-state index contributed by atoms with van der Waals surface area (Å²) in [5.74, 6) is 0.371. The number of carbonyl (C=O) groups is 1. The second-order valence-corrected chi connectivity index (χ2v) is 12.2. The molecule has 2 aromatic heterocycles. The minimum atomic E-state index is -3.96. The Labute approximate surface area is 225 Å². The van der Waals surface area contributed by atoms with E-state index in [-0.39, 0.29) is 24.3 Å². The van der Waals surface area contributed by atoms with Gasteiger partial charge in [0.1, 0.15) is 12.1 Å². The van der Waals surface area contributed by atoms with Crippen LogP contribution in [0.1, 0.15) is 56.1 Å². The number of aromatic nitrogens is 2. The third-order valence-corrected chi connectivity index (χ3v) is 8.67. The van der Waals surface area contributed by atoms with Gasteiger partial charge >= 0.3 is 10.3 Å². The number of hydrogen-bond donors (Lipinski definition) is 2. The van der Waals surface area contributed by atoms with Crippen LogP contribution >= 0.6 is 11.3 Å². The number of rotatable bonds is 9. The summed E-state index contributed by atoms with van der Waals surface area (Å²) < 4.78 is 26.9. The van der Waals surface area contributed by atoms with Crippen molar-refractivity contribution >= 4 is 38.9 Å². The molecule has 198 valence electrons. The van der Waals surface area contributed by atoms with Gasteiger partial charge in [0.05, 0.1) is 28.7 Å². The first-order valence-electron chi connectivity index (χ1n) is 12.4. The molecule has 0 spiro atoms. The molecule has 0 saturated heterocycles. The van der Waals surface area contributed by atoms with Crippen LogP contribution in [0.2, 0.25) is 0 Å². The second kappa shape index (κ2) is 10.8. The lowest BCUT2D eigenvalue weighted by Crippen LogP contribution is -2.22. The van der Waals surface area contributed by atoms with Crippen molar-refractivity contribution in [2.24, 2.45) is 11.1 Å². The molecule has 12 heteroatoms. The molecule has 10 nitrogen and oxygen atoms in total. The number of nitrogens with zero attached hydrogens (tertiary/aromatic N) is 4. The van der Waals surface area contributed by atoms with Crippen LogP contribution in [0, 0.1) is 24.2 Å². The predicted molar refractivity (Wildman–Crippen MR) is 144 cm³/mol. The zero-order chi connectivity index (χ0) is 26.9. The lowest BCUT2D eigenvalue weighted by molar-refractivity contribution is 0.104. The molecule has 5 rings (SSSR count). The number of thiophene rings is 1. The highest BCUT2D eigenvalue weighted by Crippen LogP contribution is 2.34. The number of benzene rings is 1. The van der Waals surface area contributed by atoms with Gasteiger partial charge in [0.25, 0.3) is 0 Å².